The molecule has 0 aromatic heterocycles. The third kappa shape index (κ3) is 3.10. The molecule has 6 heteroatoms. The summed E-state index contributed by atoms with van der Waals surface area (Å²) in [6.45, 7) is 0. The van der Waals surface area contributed by atoms with Crippen LogP contribution in [0.4, 0.5) is 5.69 Å². The number of ketones is 1. The molecule has 0 N–H and O–H groups in total. The monoisotopic (exact) mass is 335 g/mol. The Morgan fingerprint density at radius 3 is 2.67 bits per heavy atom. The number of Topliss-reactive ketones (excluding diaryl/α,β-unsaturated/α-hetero) is 1. The van der Waals surface area contributed by atoms with Crippen LogP contribution in [0.2, 0.25) is 0 Å². The molecule has 0 aliphatic carbocycles. The molecule has 0 atom stereocenters. The number of hydrogen-bond donors (Lipinski definition) is 0. The van der Waals surface area contributed by atoms with Gasteiger partial charge in [-0.15, -0.1) is 0 Å². The first kappa shape index (κ1) is 12.3. The molecule has 0 radical (unpaired) electrons. The Morgan fingerprint density at radius 2 is 2.13 bits per heavy atom. The molecule has 0 aliphatic rings. The van der Waals surface area contributed by atoms with Crippen LogP contribution in [-0.2, 0) is 0 Å². The van der Waals surface area contributed by atoms with Gasteiger partial charge in [-0.3, -0.25) is 14.9 Å². The minimum Gasteiger partial charge on any atom is -0.294 e. The Labute approximate surface area is 103 Å². The maximum atomic E-state index is 11.5. The van der Waals surface area contributed by atoms with Gasteiger partial charge in [0, 0.05) is 22.3 Å². The zero-order chi connectivity index (χ0) is 11.4. The van der Waals surface area contributed by atoms with Gasteiger partial charge in [0.25, 0.3) is 5.69 Å². The molecule has 1 rings (SSSR count). The number of rotatable bonds is 4. The molecular formula is C9H7Br2NO3. The largest absolute Gasteiger partial charge is 0.294 e. The lowest BCUT2D eigenvalue weighted by Gasteiger charge is -2.01. The Morgan fingerprint density at radius 1 is 1.47 bits per heavy atom. The number of halogens is 2. The third-order valence-electron chi connectivity index (χ3n) is 1.78. The fraction of sp³-hybridized carbons (Fsp3) is 0.222. The molecule has 0 spiro atoms. The molecule has 15 heavy (non-hydrogen) atoms. The van der Waals surface area contributed by atoms with Crippen molar-refractivity contribution in [1.29, 1.82) is 0 Å². The zero-order valence-corrected chi connectivity index (χ0v) is 10.7. The molecule has 0 amide bonds. The van der Waals surface area contributed by atoms with E-state index in [1.54, 1.807) is 6.07 Å². The van der Waals surface area contributed by atoms with Crippen LogP contribution in [-0.4, -0.2) is 16.0 Å². The molecule has 4 nitrogen and oxygen atoms in total. The summed E-state index contributed by atoms with van der Waals surface area (Å²) >= 11 is 6.25. The molecule has 0 fully saturated rings. The fourth-order valence-corrected chi connectivity index (χ4v) is 1.82. The van der Waals surface area contributed by atoms with Gasteiger partial charge in [-0.2, -0.15) is 0 Å². The van der Waals surface area contributed by atoms with Crippen LogP contribution in [0.15, 0.2) is 22.7 Å². The van der Waals surface area contributed by atoms with Gasteiger partial charge < -0.3 is 0 Å². The van der Waals surface area contributed by atoms with Gasteiger partial charge in [0.15, 0.2) is 5.78 Å². The van der Waals surface area contributed by atoms with Crippen LogP contribution in [0.5, 0.6) is 0 Å². The second-order valence-electron chi connectivity index (χ2n) is 2.78. The predicted octanol–water partition coefficient (Wildman–Crippen LogP) is 3.33. The highest BCUT2D eigenvalue weighted by molar-refractivity contribution is 9.10. The molecule has 0 heterocycles. The molecule has 0 saturated carbocycles. The van der Waals surface area contributed by atoms with E-state index in [0.29, 0.717) is 9.80 Å². The lowest BCUT2D eigenvalue weighted by Crippen LogP contribution is -2.04. The first-order chi connectivity index (χ1) is 7.06. The van der Waals surface area contributed by atoms with E-state index >= 15 is 0 Å². The zero-order valence-electron chi connectivity index (χ0n) is 7.57. The molecule has 0 bridgehead atoms. The van der Waals surface area contributed by atoms with E-state index in [0.717, 1.165) is 0 Å². The normalized spacial score (nSPS) is 10.0. The van der Waals surface area contributed by atoms with Crippen LogP contribution in [0.25, 0.3) is 0 Å². The number of carbonyl (C=O) groups excluding carboxylic acids is 1. The maximum absolute atomic E-state index is 11.5. The van der Waals surface area contributed by atoms with Crippen molar-refractivity contribution >= 4 is 43.3 Å². The fourth-order valence-electron chi connectivity index (χ4n) is 1.11. The standard InChI is InChI=1S/C9H7Br2NO3/c10-4-3-9(13)7-2-1-6(11)5-8(7)12(14)15/h1-2,5H,3-4H2. The van der Waals surface area contributed by atoms with Crippen molar-refractivity contribution in [3.63, 3.8) is 0 Å². The number of nitrogens with zero attached hydrogens (tertiary/aromatic N) is 1. The lowest BCUT2D eigenvalue weighted by molar-refractivity contribution is -0.385. The van der Waals surface area contributed by atoms with E-state index in [2.05, 4.69) is 31.9 Å². The minimum atomic E-state index is -0.549. The highest BCUT2D eigenvalue weighted by Crippen LogP contribution is 2.24. The lowest BCUT2D eigenvalue weighted by atomic mass is 10.1. The second-order valence-corrected chi connectivity index (χ2v) is 4.49. The number of nitro groups is 1. The van der Waals surface area contributed by atoms with Gasteiger partial charge in [-0.25, -0.2) is 0 Å². The summed E-state index contributed by atoms with van der Waals surface area (Å²) in [6.07, 6.45) is 0.252. The number of alkyl halides is 1. The molecule has 80 valence electrons. The first-order valence-corrected chi connectivity index (χ1v) is 6.01. The van der Waals surface area contributed by atoms with Gasteiger partial charge in [-0.1, -0.05) is 31.9 Å². The summed E-state index contributed by atoms with van der Waals surface area (Å²) in [7, 11) is 0. The molecule has 1 aromatic rings. The summed E-state index contributed by atoms with van der Waals surface area (Å²) in [4.78, 5) is 21.7. The van der Waals surface area contributed by atoms with Crippen molar-refractivity contribution in [2.24, 2.45) is 0 Å². The van der Waals surface area contributed by atoms with Crippen LogP contribution in [0, 0.1) is 10.1 Å². The molecule has 0 aliphatic heterocycles. The van der Waals surface area contributed by atoms with E-state index in [9.17, 15) is 14.9 Å². The Bertz CT molecular complexity index is 406. The van der Waals surface area contributed by atoms with Gasteiger partial charge in [0.1, 0.15) is 0 Å². The highest BCUT2D eigenvalue weighted by atomic mass is 79.9. The number of carbonyl (C=O) groups is 1. The highest BCUT2D eigenvalue weighted by Gasteiger charge is 2.19. The van der Waals surface area contributed by atoms with Crippen molar-refractivity contribution in [3.8, 4) is 0 Å². The number of nitro benzene ring substituents is 1. The van der Waals surface area contributed by atoms with E-state index in [1.807, 2.05) is 0 Å². The van der Waals surface area contributed by atoms with E-state index in [-0.39, 0.29) is 23.5 Å². The van der Waals surface area contributed by atoms with E-state index < -0.39 is 4.92 Å². The van der Waals surface area contributed by atoms with Crippen molar-refractivity contribution < 1.29 is 9.72 Å². The van der Waals surface area contributed by atoms with Crippen LogP contribution in [0.3, 0.4) is 0 Å². The minimum absolute atomic E-state index is 0.155. The Balaban J connectivity index is 3.17. The average Bonchev–Trinajstić information content (AvgIpc) is 2.17. The molecule has 1 aromatic carbocycles. The quantitative estimate of drug-likeness (QED) is 0.367. The van der Waals surface area contributed by atoms with Crippen LogP contribution < -0.4 is 0 Å². The summed E-state index contributed by atoms with van der Waals surface area (Å²) in [5.74, 6) is -0.230. The number of benzene rings is 1. The van der Waals surface area contributed by atoms with Gasteiger partial charge in [0.05, 0.1) is 10.5 Å². The van der Waals surface area contributed by atoms with E-state index in [1.165, 1.54) is 12.1 Å². The maximum Gasteiger partial charge on any atom is 0.281 e. The van der Waals surface area contributed by atoms with Crippen molar-refractivity contribution in [1.82, 2.24) is 0 Å². The molecule has 0 saturated heterocycles. The average molecular weight is 337 g/mol. The summed E-state index contributed by atoms with van der Waals surface area (Å²) < 4.78 is 0.588. The van der Waals surface area contributed by atoms with Crippen molar-refractivity contribution in [2.75, 3.05) is 5.33 Å². The van der Waals surface area contributed by atoms with Gasteiger partial charge >= 0.3 is 0 Å². The summed E-state index contributed by atoms with van der Waals surface area (Å²) in [5, 5.41) is 11.2. The predicted molar refractivity (Wildman–Crippen MR) is 63.5 cm³/mol. The SMILES string of the molecule is O=C(CCBr)c1ccc(Br)cc1[N+](=O)[O-]. The molecule has 0 unspecified atom stereocenters. The number of hydrogen-bond acceptors (Lipinski definition) is 3. The van der Waals surface area contributed by atoms with Gasteiger partial charge in [-0.05, 0) is 12.1 Å². The van der Waals surface area contributed by atoms with E-state index in [4.69, 9.17) is 0 Å². The van der Waals surface area contributed by atoms with Crippen molar-refractivity contribution in [3.05, 3.63) is 38.3 Å². The van der Waals surface area contributed by atoms with Crippen LogP contribution >= 0.6 is 31.9 Å². The summed E-state index contributed by atoms with van der Waals surface area (Å²) in [6, 6.07) is 4.42. The smallest absolute Gasteiger partial charge is 0.281 e. The first-order valence-electron chi connectivity index (χ1n) is 4.09. The molecular weight excluding hydrogens is 330 g/mol. The van der Waals surface area contributed by atoms with Crippen LogP contribution in [0.1, 0.15) is 16.8 Å². The Hall–Kier alpha value is -0.750. The topological polar surface area (TPSA) is 60.2 Å². The van der Waals surface area contributed by atoms with Gasteiger partial charge in [0.2, 0.25) is 0 Å². The second kappa shape index (κ2) is 5.37. The Kier molecular flexibility index (Phi) is 4.41. The van der Waals surface area contributed by atoms with Crippen molar-refractivity contribution in [2.45, 2.75) is 6.42 Å². The third-order valence-corrected chi connectivity index (χ3v) is 2.67. The summed E-state index contributed by atoms with van der Waals surface area (Å²) in [5.41, 5.74) is -0.00187.